The third kappa shape index (κ3) is 4.60. The number of rotatable bonds is 7. The maximum Gasteiger partial charge on any atom is 0.295 e. The van der Waals surface area contributed by atoms with Crippen molar-refractivity contribution in [3.8, 4) is 22.8 Å². The van der Waals surface area contributed by atoms with Crippen LogP contribution in [0.5, 0.6) is 11.5 Å². The van der Waals surface area contributed by atoms with Crippen LogP contribution in [0.25, 0.3) is 11.3 Å². The van der Waals surface area contributed by atoms with Gasteiger partial charge in [-0.3, -0.25) is 14.6 Å². The minimum absolute atomic E-state index is 0.0689. The van der Waals surface area contributed by atoms with Gasteiger partial charge in [0.2, 0.25) is 0 Å². The molecule has 0 unspecified atom stereocenters. The molecule has 0 atom stereocenters. The van der Waals surface area contributed by atoms with Crippen molar-refractivity contribution >= 4 is 5.91 Å². The Hall–Kier alpha value is -3.52. The summed E-state index contributed by atoms with van der Waals surface area (Å²) in [5, 5.41) is 0. The Kier molecular flexibility index (Phi) is 6.13. The predicted octanol–water partition coefficient (Wildman–Crippen LogP) is 3.16. The maximum atomic E-state index is 13.8. The molecule has 1 aromatic heterocycles. The van der Waals surface area contributed by atoms with Crippen molar-refractivity contribution in [1.29, 1.82) is 0 Å². The Bertz CT molecular complexity index is 964. The lowest BCUT2D eigenvalue weighted by molar-refractivity contribution is 0.0219. The largest absolute Gasteiger partial charge is 0.497 e. The van der Waals surface area contributed by atoms with Crippen molar-refractivity contribution < 1.29 is 23.5 Å². The fraction of sp³-hybridized carbons (Fsp3) is 0.150. The molecule has 0 saturated heterocycles. The van der Waals surface area contributed by atoms with E-state index in [-0.39, 0.29) is 17.9 Å². The van der Waals surface area contributed by atoms with Crippen molar-refractivity contribution in [1.82, 2.24) is 15.4 Å². The number of nitrogens with one attached hydrogen (secondary N) is 1. The van der Waals surface area contributed by atoms with Crippen LogP contribution in [0.4, 0.5) is 4.39 Å². The molecule has 144 valence electrons. The summed E-state index contributed by atoms with van der Waals surface area (Å²) >= 11 is 0. The minimum atomic E-state index is -0.592. The first-order chi connectivity index (χ1) is 13.6. The number of hydroxylamine groups is 1. The van der Waals surface area contributed by atoms with Gasteiger partial charge in [0.15, 0.2) is 0 Å². The second-order valence-corrected chi connectivity index (χ2v) is 5.70. The van der Waals surface area contributed by atoms with E-state index in [4.69, 9.17) is 14.3 Å². The fourth-order valence-electron chi connectivity index (χ4n) is 2.40. The van der Waals surface area contributed by atoms with Crippen molar-refractivity contribution in [3.05, 3.63) is 71.9 Å². The van der Waals surface area contributed by atoms with Crippen LogP contribution in [-0.2, 0) is 11.4 Å². The SMILES string of the molecule is COc1ccc(-c2cncc(C(=O)NOCc3cc(OC)ccc3F)n2)cc1. The Morgan fingerprint density at radius 3 is 2.46 bits per heavy atom. The van der Waals surface area contributed by atoms with Gasteiger partial charge in [0.25, 0.3) is 5.91 Å². The van der Waals surface area contributed by atoms with E-state index in [1.165, 1.54) is 31.5 Å². The van der Waals surface area contributed by atoms with Gasteiger partial charge in [-0.05, 0) is 42.5 Å². The minimum Gasteiger partial charge on any atom is -0.497 e. The molecule has 1 amide bonds. The molecule has 7 nitrogen and oxygen atoms in total. The van der Waals surface area contributed by atoms with Crippen LogP contribution >= 0.6 is 0 Å². The fourth-order valence-corrected chi connectivity index (χ4v) is 2.40. The second kappa shape index (κ2) is 8.92. The van der Waals surface area contributed by atoms with Crippen LogP contribution in [0.3, 0.4) is 0 Å². The van der Waals surface area contributed by atoms with Gasteiger partial charge in [0.1, 0.15) is 29.6 Å². The standard InChI is InChI=1S/C20H18FN3O4/c1-26-15-5-3-13(4-6-15)18-10-22-11-19(23-18)20(25)24-28-12-14-9-16(27-2)7-8-17(14)21/h3-11H,12H2,1-2H3,(H,24,25). The molecule has 8 heteroatoms. The van der Waals surface area contributed by atoms with Crippen LogP contribution < -0.4 is 15.0 Å². The van der Waals surface area contributed by atoms with Crippen LogP contribution in [-0.4, -0.2) is 30.1 Å². The summed E-state index contributed by atoms with van der Waals surface area (Å²) in [5.41, 5.74) is 3.86. The topological polar surface area (TPSA) is 82.6 Å². The third-order valence-corrected chi connectivity index (χ3v) is 3.90. The third-order valence-electron chi connectivity index (χ3n) is 3.90. The van der Waals surface area contributed by atoms with Crippen LogP contribution in [0, 0.1) is 5.82 Å². The van der Waals surface area contributed by atoms with E-state index in [1.807, 2.05) is 12.1 Å². The highest BCUT2D eigenvalue weighted by Crippen LogP contribution is 2.20. The Morgan fingerprint density at radius 2 is 1.75 bits per heavy atom. The maximum absolute atomic E-state index is 13.8. The number of methoxy groups -OCH3 is 2. The summed E-state index contributed by atoms with van der Waals surface area (Å²) in [6, 6.07) is 11.5. The molecule has 1 N–H and O–H groups in total. The number of ether oxygens (including phenoxy) is 2. The molecule has 0 bridgehead atoms. The first-order valence-corrected chi connectivity index (χ1v) is 8.31. The number of benzene rings is 2. The highest BCUT2D eigenvalue weighted by atomic mass is 19.1. The average Bonchev–Trinajstić information content (AvgIpc) is 2.75. The molecule has 3 aromatic rings. The quantitative estimate of drug-likeness (QED) is 0.631. The molecular formula is C20H18FN3O4. The molecule has 0 aliphatic carbocycles. The second-order valence-electron chi connectivity index (χ2n) is 5.70. The molecule has 1 heterocycles. The molecule has 2 aromatic carbocycles. The number of hydrogen-bond acceptors (Lipinski definition) is 6. The first-order valence-electron chi connectivity index (χ1n) is 8.31. The van der Waals surface area contributed by atoms with Gasteiger partial charge in [-0.25, -0.2) is 14.9 Å². The van der Waals surface area contributed by atoms with E-state index in [1.54, 1.807) is 25.4 Å². The van der Waals surface area contributed by atoms with E-state index in [2.05, 4.69) is 15.4 Å². The Morgan fingerprint density at radius 1 is 1.04 bits per heavy atom. The summed E-state index contributed by atoms with van der Waals surface area (Å²) < 4.78 is 23.9. The zero-order valence-electron chi connectivity index (χ0n) is 15.3. The van der Waals surface area contributed by atoms with Gasteiger partial charge in [-0.2, -0.15) is 0 Å². The van der Waals surface area contributed by atoms with E-state index in [0.29, 0.717) is 17.2 Å². The van der Waals surface area contributed by atoms with Crippen LogP contribution in [0.2, 0.25) is 0 Å². The molecule has 0 spiro atoms. The lowest BCUT2D eigenvalue weighted by Gasteiger charge is -2.09. The van der Waals surface area contributed by atoms with Crippen LogP contribution in [0.1, 0.15) is 16.1 Å². The number of nitrogens with zero attached hydrogens (tertiary/aromatic N) is 2. The molecule has 0 saturated carbocycles. The smallest absolute Gasteiger partial charge is 0.295 e. The summed E-state index contributed by atoms with van der Waals surface area (Å²) in [5.74, 6) is 0.149. The van der Waals surface area contributed by atoms with Gasteiger partial charge in [-0.15, -0.1) is 0 Å². The normalized spacial score (nSPS) is 10.4. The van der Waals surface area contributed by atoms with Crippen molar-refractivity contribution in [3.63, 3.8) is 0 Å². The van der Waals surface area contributed by atoms with E-state index < -0.39 is 11.7 Å². The van der Waals surface area contributed by atoms with Gasteiger partial charge in [-0.1, -0.05) is 0 Å². The molecule has 0 aliphatic heterocycles. The van der Waals surface area contributed by atoms with Crippen LogP contribution in [0.15, 0.2) is 54.9 Å². The molecule has 3 rings (SSSR count). The molecule has 0 fully saturated rings. The van der Waals surface area contributed by atoms with Gasteiger partial charge >= 0.3 is 0 Å². The molecule has 0 radical (unpaired) electrons. The Labute approximate surface area is 161 Å². The summed E-state index contributed by atoms with van der Waals surface area (Å²) in [7, 11) is 3.06. The summed E-state index contributed by atoms with van der Waals surface area (Å²) in [6.45, 7) is -0.166. The zero-order chi connectivity index (χ0) is 19.9. The van der Waals surface area contributed by atoms with E-state index >= 15 is 0 Å². The predicted molar refractivity (Wildman–Crippen MR) is 99.2 cm³/mol. The number of amides is 1. The van der Waals surface area contributed by atoms with Gasteiger partial charge in [0.05, 0.1) is 32.3 Å². The van der Waals surface area contributed by atoms with Crippen molar-refractivity contribution in [2.24, 2.45) is 0 Å². The summed E-state index contributed by atoms with van der Waals surface area (Å²) in [6.07, 6.45) is 2.86. The first kappa shape index (κ1) is 19.2. The summed E-state index contributed by atoms with van der Waals surface area (Å²) in [4.78, 5) is 25.7. The van der Waals surface area contributed by atoms with E-state index in [9.17, 15) is 9.18 Å². The number of aromatic nitrogens is 2. The number of carbonyl (C=O) groups is 1. The number of hydrogen-bond donors (Lipinski definition) is 1. The van der Waals surface area contributed by atoms with Gasteiger partial charge < -0.3 is 9.47 Å². The molecule has 0 aliphatic rings. The lowest BCUT2D eigenvalue weighted by atomic mass is 10.1. The molecule has 28 heavy (non-hydrogen) atoms. The van der Waals surface area contributed by atoms with Gasteiger partial charge in [0, 0.05) is 11.1 Å². The lowest BCUT2D eigenvalue weighted by Crippen LogP contribution is -2.25. The van der Waals surface area contributed by atoms with Crippen molar-refractivity contribution in [2.45, 2.75) is 6.61 Å². The number of halogens is 1. The average molecular weight is 383 g/mol. The highest BCUT2D eigenvalue weighted by molar-refractivity contribution is 5.91. The zero-order valence-corrected chi connectivity index (χ0v) is 15.3. The monoisotopic (exact) mass is 383 g/mol. The van der Waals surface area contributed by atoms with Crippen molar-refractivity contribution in [2.75, 3.05) is 14.2 Å². The number of carbonyl (C=O) groups excluding carboxylic acids is 1. The Balaban J connectivity index is 1.64. The van der Waals surface area contributed by atoms with E-state index in [0.717, 1.165) is 5.56 Å². The highest BCUT2D eigenvalue weighted by Gasteiger charge is 2.11. The molecular weight excluding hydrogens is 365 g/mol.